The van der Waals surface area contributed by atoms with E-state index >= 15 is 0 Å². The Balaban J connectivity index is 1.63. The highest BCUT2D eigenvalue weighted by molar-refractivity contribution is 7.16. The number of amides is 2. The Bertz CT molecular complexity index is 1100. The standard InChI is InChI=1S/C19H23N5O3S/c1-2-3-15-21-23(11-16(25)22-7-4-12(5-8-22)17(20)26)18(27)14-10-13-6-9-28-19(13)24(14)15/h6,9-10,12H,2-5,7-8,11H2,1H3,(H2,20,26). The Morgan fingerprint density at radius 1 is 1.32 bits per heavy atom. The summed E-state index contributed by atoms with van der Waals surface area (Å²) in [6.45, 7) is 2.93. The molecule has 0 radical (unpaired) electrons. The summed E-state index contributed by atoms with van der Waals surface area (Å²) in [7, 11) is 0. The lowest BCUT2D eigenvalue weighted by Gasteiger charge is -2.30. The first-order valence-corrected chi connectivity index (χ1v) is 10.4. The molecule has 1 aliphatic heterocycles. The average Bonchev–Trinajstić information content (AvgIpc) is 3.27. The summed E-state index contributed by atoms with van der Waals surface area (Å²) in [5.74, 6) is 0.145. The van der Waals surface area contributed by atoms with Gasteiger partial charge in [0.05, 0.1) is 0 Å². The van der Waals surface area contributed by atoms with E-state index in [1.807, 2.05) is 21.9 Å². The molecule has 3 aromatic rings. The van der Waals surface area contributed by atoms with Gasteiger partial charge in [-0.2, -0.15) is 5.10 Å². The van der Waals surface area contributed by atoms with Crippen LogP contribution in [-0.4, -0.2) is 44.0 Å². The number of nitrogens with two attached hydrogens (primary N) is 1. The second-order valence-electron chi connectivity index (χ2n) is 7.23. The predicted molar refractivity (Wildman–Crippen MR) is 107 cm³/mol. The number of piperidine rings is 1. The number of carbonyl (C=O) groups is 2. The first-order valence-electron chi connectivity index (χ1n) is 9.55. The zero-order valence-electron chi connectivity index (χ0n) is 15.8. The number of likely N-dealkylation sites (tertiary alicyclic amines) is 1. The van der Waals surface area contributed by atoms with Crippen molar-refractivity contribution in [1.82, 2.24) is 19.1 Å². The molecule has 3 aromatic heterocycles. The summed E-state index contributed by atoms with van der Waals surface area (Å²) in [6.07, 6.45) is 2.74. The Morgan fingerprint density at radius 3 is 2.75 bits per heavy atom. The highest BCUT2D eigenvalue weighted by atomic mass is 32.1. The molecular weight excluding hydrogens is 378 g/mol. The van der Waals surface area contributed by atoms with Gasteiger partial charge >= 0.3 is 0 Å². The summed E-state index contributed by atoms with van der Waals surface area (Å²) in [4.78, 5) is 39.7. The fourth-order valence-corrected chi connectivity index (χ4v) is 4.75. The Kier molecular flexibility index (Phi) is 4.92. The van der Waals surface area contributed by atoms with E-state index in [-0.39, 0.29) is 29.8 Å². The molecule has 0 atom stereocenters. The number of primary amides is 1. The topological polar surface area (TPSA) is 103 Å². The molecule has 2 N–H and O–H groups in total. The number of hydrogen-bond acceptors (Lipinski definition) is 5. The van der Waals surface area contributed by atoms with Crippen molar-refractivity contribution in [1.29, 1.82) is 0 Å². The molecule has 28 heavy (non-hydrogen) atoms. The maximum atomic E-state index is 13.0. The van der Waals surface area contributed by atoms with Gasteiger partial charge in [-0.15, -0.1) is 11.3 Å². The molecule has 1 saturated heterocycles. The number of rotatable bonds is 5. The normalized spacial score (nSPS) is 15.5. The van der Waals surface area contributed by atoms with Crippen LogP contribution in [0.5, 0.6) is 0 Å². The second-order valence-corrected chi connectivity index (χ2v) is 8.13. The lowest BCUT2D eigenvalue weighted by atomic mass is 9.96. The molecule has 4 rings (SSSR count). The number of aryl methyl sites for hydroxylation is 1. The summed E-state index contributed by atoms with van der Waals surface area (Å²) in [5, 5.41) is 7.53. The molecule has 1 aliphatic rings. The van der Waals surface area contributed by atoms with Crippen molar-refractivity contribution < 1.29 is 9.59 Å². The van der Waals surface area contributed by atoms with Gasteiger partial charge in [-0.3, -0.25) is 18.8 Å². The summed E-state index contributed by atoms with van der Waals surface area (Å²) in [6, 6.07) is 3.86. The van der Waals surface area contributed by atoms with Gasteiger partial charge in [0.15, 0.2) is 0 Å². The maximum absolute atomic E-state index is 13.0. The molecule has 0 unspecified atom stereocenters. The van der Waals surface area contributed by atoms with Crippen LogP contribution < -0.4 is 11.3 Å². The molecule has 0 bridgehead atoms. The monoisotopic (exact) mass is 401 g/mol. The molecule has 9 heteroatoms. The van der Waals surface area contributed by atoms with Crippen molar-refractivity contribution in [2.24, 2.45) is 11.7 Å². The van der Waals surface area contributed by atoms with E-state index in [1.54, 1.807) is 16.2 Å². The zero-order chi connectivity index (χ0) is 19.8. The highest BCUT2D eigenvalue weighted by Crippen LogP contribution is 2.25. The zero-order valence-corrected chi connectivity index (χ0v) is 16.6. The van der Waals surface area contributed by atoms with E-state index in [0.717, 1.165) is 28.9 Å². The quantitative estimate of drug-likeness (QED) is 0.698. The lowest BCUT2D eigenvalue weighted by Crippen LogP contribution is -2.44. The molecule has 0 spiro atoms. The van der Waals surface area contributed by atoms with Crippen molar-refractivity contribution in [3.8, 4) is 0 Å². The molecule has 4 heterocycles. The highest BCUT2D eigenvalue weighted by Gasteiger charge is 2.26. The lowest BCUT2D eigenvalue weighted by molar-refractivity contribution is -0.135. The molecule has 148 valence electrons. The van der Waals surface area contributed by atoms with Crippen LogP contribution in [0.4, 0.5) is 0 Å². The van der Waals surface area contributed by atoms with Crippen LogP contribution in [0.2, 0.25) is 0 Å². The first kappa shape index (κ1) is 18.7. The van der Waals surface area contributed by atoms with Crippen molar-refractivity contribution >= 4 is 38.9 Å². The minimum atomic E-state index is -0.312. The predicted octanol–water partition coefficient (Wildman–Crippen LogP) is 1.39. The van der Waals surface area contributed by atoms with Crippen LogP contribution in [0.3, 0.4) is 0 Å². The Hall–Kier alpha value is -2.68. The number of nitrogens with zero attached hydrogens (tertiary/aromatic N) is 4. The molecule has 2 amide bonds. The average molecular weight is 401 g/mol. The van der Waals surface area contributed by atoms with Gasteiger partial charge < -0.3 is 10.6 Å². The number of carbonyl (C=O) groups excluding carboxylic acids is 2. The third kappa shape index (κ3) is 3.19. The van der Waals surface area contributed by atoms with Gasteiger partial charge in [-0.05, 0) is 36.8 Å². The van der Waals surface area contributed by atoms with E-state index in [1.165, 1.54) is 4.68 Å². The van der Waals surface area contributed by atoms with E-state index in [4.69, 9.17) is 5.73 Å². The third-order valence-electron chi connectivity index (χ3n) is 5.37. The minimum Gasteiger partial charge on any atom is -0.369 e. The van der Waals surface area contributed by atoms with Gasteiger partial charge in [0.1, 0.15) is 22.7 Å². The summed E-state index contributed by atoms with van der Waals surface area (Å²) in [5.41, 5.74) is 5.65. The van der Waals surface area contributed by atoms with Crippen molar-refractivity contribution in [3.05, 3.63) is 33.7 Å². The van der Waals surface area contributed by atoms with Crippen molar-refractivity contribution in [2.75, 3.05) is 13.1 Å². The third-order valence-corrected chi connectivity index (χ3v) is 6.28. The van der Waals surface area contributed by atoms with Crippen LogP contribution in [0.1, 0.15) is 32.0 Å². The fourth-order valence-electron chi connectivity index (χ4n) is 3.83. The smallest absolute Gasteiger partial charge is 0.291 e. The van der Waals surface area contributed by atoms with Crippen LogP contribution >= 0.6 is 11.3 Å². The van der Waals surface area contributed by atoms with Crippen LogP contribution in [-0.2, 0) is 22.6 Å². The maximum Gasteiger partial charge on any atom is 0.291 e. The molecule has 0 aromatic carbocycles. The number of aromatic nitrogens is 3. The van der Waals surface area contributed by atoms with Crippen LogP contribution in [0, 0.1) is 5.92 Å². The second kappa shape index (κ2) is 7.38. The van der Waals surface area contributed by atoms with E-state index in [2.05, 4.69) is 12.0 Å². The van der Waals surface area contributed by atoms with E-state index < -0.39 is 0 Å². The minimum absolute atomic E-state index is 0.0912. The molecular formula is C19H23N5O3S. The van der Waals surface area contributed by atoms with Crippen molar-refractivity contribution in [2.45, 2.75) is 39.2 Å². The number of fused-ring (bicyclic) bond motifs is 3. The van der Waals surface area contributed by atoms with Gasteiger partial charge in [0.2, 0.25) is 11.8 Å². The van der Waals surface area contributed by atoms with E-state index in [9.17, 15) is 14.4 Å². The van der Waals surface area contributed by atoms with Crippen molar-refractivity contribution in [3.63, 3.8) is 0 Å². The molecule has 1 fully saturated rings. The largest absolute Gasteiger partial charge is 0.369 e. The molecule has 8 nitrogen and oxygen atoms in total. The molecule has 0 saturated carbocycles. The van der Waals surface area contributed by atoms with Gasteiger partial charge in [0, 0.05) is 30.8 Å². The molecule has 0 aliphatic carbocycles. The van der Waals surface area contributed by atoms with Crippen LogP contribution in [0.15, 0.2) is 22.3 Å². The van der Waals surface area contributed by atoms with E-state index in [0.29, 0.717) is 31.4 Å². The number of thiophene rings is 1. The van der Waals surface area contributed by atoms with Gasteiger partial charge in [-0.25, -0.2) is 4.68 Å². The SMILES string of the molecule is CCCc1nn(CC(=O)N2CCC(C(N)=O)CC2)c(=O)c2cc3ccsc3n12. The fraction of sp³-hybridized carbons (Fsp3) is 0.474. The van der Waals surface area contributed by atoms with Crippen LogP contribution in [0.25, 0.3) is 15.7 Å². The summed E-state index contributed by atoms with van der Waals surface area (Å²) >= 11 is 1.58. The Labute approximate surface area is 165 Å². The van der Waals surface area contributed by atoms with Gasteiger partial charge in [-0.1, -0.05) is 6.92 Å². The Morgan fingerprint density at radius 2 is 2.07 bits per heavy atom. The first-order chi connectivity index (χ1) is 13.5. The van der Waals surface area contributed by atoms with Gasteiger partial charge in [0.25, 0.3) is 5.56 Å². The number of hydrogen-bond donors (Lipinski definition) is 1. The summed E-state index contributed by atoms with van der Waals surface area (Å²) < 4.78 is 3.21.